The van der Waals surface area contributed by atoms with Gasteiger partial charge in [-0.1, -0.05) is 18.2 Å². The predicted molar refractivity (Wildman–Crippen MR) is 58.5 cm³/mol. The highest BCUT2D eigenvalue weighted by Gasteiger charge is 2.08. The molecule has 4 nitrogen and oxygen atoms in total. The van der Waals surface area contributed by atoms with Gasteiger partial charge >= 0.3 is 0 Å². The Hall–Kier alpha value is -2.23. The summed E-state index contributed by atoms with van der Waals surface area (Å²) in [5.41, 5.74) is 0.0664. The van der Waals surface area contributed by atoms with Crippen LogP contribution in [-0.4, -0.2) is 5.97 Å². The molecule has 0 aliphatic rings. The molecule has 2 rings (SSSR count). The van der Waals surface area contributed by atoms with Gasteiger partial charge in [-0.15, -0.1) is 0 Å². The number of para-hydroxylation sites is 1. The lowest BCUT2D eigenvalue weighted by Crippen LogP contribution is -2.22. The minimum Gasteiger partial charge on any atom is -0.545 e. The van der Waals surface area contributed by atoms with E-state index in [0.29, 0.717) is 17.3 Å². The number of benzene rings is 1. The zero-order valence-electron chi connectivity index (χ0n) is 9.30. The van der Waals surface area contributed by atoms with Crippen LogP contribution in [0.1, 0.15) is 21.9 Å². The van der Waals surface area contributed by atoms with Crippen molar-refractivity contribution in [2.24, 2.45) is 0 Å². The van der Waals surface area contributed by atoms with Crippen LogP contribution in [0.15, 0.2) is 40.8 Å². The van der Waals surface area contributed by atoms with Crippen molar-refractivity contribution in [1.82, 2.24) is 0 Å². The molecule has 0 saturated heterocycles. The van der Waals surface area contributed by atoms with E-state index < -0.39 is 5.97 Å². The van der Waals surface area contributed by atoms with E-state index in [1.165, 1.54) is 6.07 Å². The number of aromatic carboxylic acids is 1. The molecule has 0 bridgehead atoms. The van der Waals surface area contributed by atoms with E-state index in [1.807, 2.05) is 30.3 Å². The smallest absolute Gasteiger partial charge is 0.146 e. The second-order valence-electron chi connectivity index (χ2n) is 3.57. The summed E-state index contributed by atoms with van der Waals surface area (Å²) in [7, 11) is 0. The summed E-state index contributed by atoms with van der Waals surface area (Å²) in [5.74, 6) is 0.260. The van der Waals surface area contributed by atoms with Crippen LogP contribution >= 0.6 is 0 Å². The van der Waals surface area contributed by atoms with Gasteiger partial charge in [-0.05, 0) is 25.1 Å². The molecule has 1 heterocycles. The van der Waals surface area contributed by atoms with Crippen LogP contribution < -0.4 is 9.84 Å². The van der Waals surface area contributed by atoms with Crippen LogP contribution in [0.4, 0.5) is 0 Å². The zero-order chi connectivity index (χ0) is 12.3. The van der Waals surface area contributed by atoms with Crippen molar-refractivity contribution in [3.63, 3.8) is 0 Å². The fraction of sp³-hybridized carbons (Fsp3) is 0.154. The minimum absolute atomic E-state index is 0.0664. The minimum atomic E-state index is -1.24. The lowest BCUT2D eigenvalue weighted by Gasteiger charge is -2.02. The van der Waals surface area contributed by atoms with Gasteiger partial charge in [-0.25, -0.2) is 0 Å². The summed E-state index contributed by atoms with van der Waals surface area (Å²) < 4.78 is 10.7. The normalized spacial score (nSPS) is 10.2. The molecule has 0 fully saturated rings. The van der Waals surface area contributed by atoms with Gasteiger partial charge in [-0.2, -0.15) is 0 Å². The van der Waals surface area contributed by atoms with Crippen molar-refractivity contribution in [1.29, 1.82) is 0 Å². The first-order valence-corrected chi connectivity index (χ1v) is 5.15. The van der Waals surface area contributed by atoms with Crippen molar-refractivity contribution in [3.8, 4) is 5.75 Å². The second kappa shape index (κ2) is 4.74. The number of carbonyl (C=O) groups excluding carboxylic acids is 1. The van der Waals surface area contributed by atoms with Gasteiger partial charge in [0.1, 0.15) is 23.9 Å². The molecule has 0 aliphatic heterocycles. The third-order valence-corrected chi connectivity index (χ3v) is 2.31. The Labute approximate surface area is 98.4 Å². The van der Waals surface area contributed by atoms with E-state index in [0.717, 1.165) is 0 Å². The molecule has 17 heavy (non-hydrogen) atoms. The molecule has 2 aromatic rings. The maximum atomic E-state index is 10.7. The van der Waals surface area contributed by atoms with Crippen LogP contribution in [0.3, 0.4) is 0 Å². The second-order valence-corrected chi connectivity index (χ2v) is 3.57. The van der Waals surface area contributed by atoms with E-state index in [2.05, 4.69) is 0 Å². The third kappa shape index (κ3) is 2.66. The number of hydrogen-bond donors (Lipinski definition) is 0. The molecular formula is C13H11O4-. The number of carboxylic acids is 1. The van der Waals surface area contributed by atoms with E-state index in [1.54, 1.807) is 6.92 Å². The number of furan rings is 1. The van der Waals surface area contributed by atoms with Gasteiger partial charge in [-0.3, -0.25) is 0 Å². The Balaban J connectivity index is 2.05. The lowest BCUT2D eigenvalue weighted by molar-refractivity contribution is -0.255. The van der Waals surface area contributed by atoms with Gasteiger partial charge in [0.25, 0.3) is 0 Å². The first-order valence-electron chi connectivity index (χ1n) is 5.15. The summed E-state index contributed by atoms with van der Waals surface area (Å²) in [6, 6.07) is 10.7. The maximum absolute atomic E-state index is 10.7. The quantitative estimate of drug-likeness (QED) is 0.800. The van der Waals surface area contributed by atoms with Gasteiger partial charge in [0.2, 0.25) is 0 Å². The molecule has 0 radical (unpaired) electrons. The first-order chi connectivity index (χ1) is 8.16. The number of rotatable bonds is 4. The molecule has 0 saturated carbocycles. The number of carbonyl (C=O) groups is 1. The Bertz CT molecular complexity index is 513. The number of carboxylic acid groups (broad SMARTS) is 1. The summed E-state index contributed by atoms with van der Waals surface area (Å²) >= 11 is 0. The number of hydrogen-bond acceptors (Lipinski definition) is 4. The van der Waals surface area contributed by atoms with Crippen LogP contribution in [-0.2, 0) is 6.61 Å². The molecule has 0 amide bonds. The topological polar surface area (TPSA) is 62.5 Å². The zero-order valence-corrected chi connectivity index (χ0v) is 9.30. The van der Waals surface area contributed by atoms with Crippen molar-refractivity contribution >= 4 is 5.97 Å². The number of ether oxygens (including phenoxy) is 1. The Morgan fingerprint density at radius 2 is 2.06 bits per heavy atom. The molecule has 0 atom stereocenters. The van der Waals surface area contributed by atoms with E-state index in [4.69, 9.17) is 9.15 Å². The molecule has 4 heteroatoms. The fourth-order valence-electron chi connectivity index (χ4n) is 1.49. The maximum Gasteiger partial charge on any atom is 0.146 e. The summed E-state index contributed by atoms with van der Waals surface area (Å²) in [5, 5.41) is 10.7. The molecule has 1 aromatic carbocycles. The van der Waals surface area contributed by atoms with E-state index in [9.17, 15) is 9.90 Å². The molecular weight excluding hydrogens is 220 g/mol. The Morgan fingerprint density at radius 3 is 2.65 bits per heavy atom. The highest BCUT2D eigenvalue weighted by Crippen LogP contribution is 2.16. The van der Waals surface area contributed by atoms with E-state index >= 15 is 0 Å². The van der Waals surface area contributed by atoms with Crippen LogP contribution in [0.5, 0.6) is 5.75 Å². The third-order valence-electron chi connectivity index (χ3n) is 2.31. The van der Waals surface area contributed by atoms with Crippen LogP contribution in [0, 0.1) is 6.92 Å². The van der Waals surface area contributed by atoms with Crippen molar-refractivity contribution in [2.45, 2.75) is 13.5 Å². The summed E-state index contributed by atoms with van der Waals surface area (Å²) in [6.07, 6.45) is 0. The Morgan fingerprint density at radius 1 is 1.35 bits per heavy atom. The van der Waals surface area contributed by atoms with Gasteiger partial charge < -0.3 is 19.1 Å². The molecule has 88 valence electrons. The highest BCUT2D eigenvalue weighted by molar-refractivity contribution is 5.86. The lowest BCUT2D eigenvalue weighted by atomic mass is 10.2. The average molecular weight is 231 g/mol. The van der Waals surface area contributed by atoms with Crippen molar-refractivity contribution < 1.29 is 19.1 Å². The largest absolute Gasteiger partial charge is 0.545 e. The van der Waals surface area contributed by atoms with Gasteiger partial charge in [0.15, 0.2) is 0 Å². The van der Waals surface area contributed by atoms with Crippen LogP contribution in [0.2, 0.25) is 0 Å². The predicted octanol–water partition coefficient (Wildman–Crippen LogP) is 1.53. The van der Waals surface area contributed by atoms with Crippen LogP contribution in [0.25, 0.3) is 0 Å². The average Bonchev–Trinajstić information content (AvgIpc) is 2.69. The Kier molecular flexibility index (Phi) is 3.14. The number of aryl methyl sites for hydroxylation is 1. The molecule has 0 spiro atoms. The molecule has 1 aromatic heterocycles. The van der Waals surface area contributed by atoms with E-state index in [-0.39, 0.29) is 12.2 Å². The molecule has 0 unspecified atom stereocenters. The SMILES string of the molecule is Cc1oc(COc2ccccc2)cc1C(=O)[O-]. The first kappa shape index (κ1) is 11.3. The molecule has 0 N–H and O–H groups in total. The van der Waals surface area contributed by atoms with Gasteiger partial charge in [0, 0.05) is 5.56 Å². The van der Waals surface area contributed by atoms with Crippen molar-refractivity contribution in [3.05, 3.63) is 53.5 Å². The monoisotopic (exact) mass is 231 g/mol. The van der Waals surface area contributed by atoms with Gasteiger partial charge in [0.05, 0.1) is 5.97 Å². The molecule has 0 aliphatic carbocycles. The highest BCUT2D eigenvalue weighted by atomic mass is 16.5. The van der Waals surface area contributed by atoms with Crippen molar-refractivity contribution in [2.75, 3.05) is 0 Å². The summed E-state index contributed by atoms with van der Waals surface area (Å²) in [6.45, 7) is 1.77. The fourth-order valence-corrected chi connectivity index (χ4v) is 1.49. The summed E-state index contributed by atoms with van der Waals surface area (Å²) in [4.78, 5) is 10.7. The standard InChI is InChI=1S/C13H12O4/c1-9-12(13(14)15)7-11(17-9)8-16-10-5-3-2-4-6-10/h2-7H,8H2,1H3,(H,14,15)/p-1.